The Kier molecular flexibility index (Phi) is 5.46. The van der Waals surface area contributed by atoms with Gasteiger partial charge in [-0.05, 0) is 47.5 Å². The zero-order chi connectivity index (χ0) is 21.3. The first-order valence-electron chi connectivity index (χ1n) is 9.14. The van der Waals surface area contributed by atoms with E-state index in [0.29, 0.717) is 16.7 Å². The van der Waals surface area contributed by atoms with Gasteiger partial charge in [0.1, 0.15) is 11.6 Å². The van der Waals surface area contributed by atoms with Gasteiger partial charge in [-0.1, -0.05) is 40.2 Å². The van der Waals surface area contributed by atoms with Gasteiger partial charge in [-0.2, -0.15) is 0 Å². The van der Waals surface area contributed by atoms with E-state index < -0.39 is 17.7 Å². The third-order valence-corrected chi connectivity index (χ3v) is 5.47. The van der Waals surface area contributed by atoms with Gasteiger partial charge in [0.2, 0.25) is 0 Å². The highest BCUT2D eigenvalue weighted by atomic mass is 79.9. The van der Waals surface area contributed by atoms with Crippen LogP contribution in [0.1, 0.15) is 22.7 Å². The topological polar surface area (TPSA) is 70.5 Å². The first-order chi connectivity index (χ1) is 14.5. The lowest BCUT2D eigenvalue weighted by Gasteiger charge is -2.25. The molecule has 1 amide bonds. The molecule has 1 atom stereocenters. The van der Waals surface area contributed by atoms with Crippen LogP contribution in [0.5, 0.6) is 0 Å². The molecular weight excluding hydrogens is 451 g/mol. The molecule has 2 heterocycles. The fourth-order valence-electron chi connectivity index (χ4n) is 3.49. The lowest BCUT2D eigenvalue weighted by Crippen LogP contribution is -2.29. The number of aromatic nitrogens is 1. The van der Waals surface area contributed by atoms with Crippen molar-refractivity contribution in [1.82, 2.24) is 9.88 Å². The zero-order valence-corrected chi connectivity index (χ0v) is 17.2. The molecule has 0 radical (unpaired) electrons. The number of ketones is 1. The van der Waals surface area contributed by atoms with Crippen molar-refractivity contribution in [3.63, 3.8) is 0 Å². The Labute approximate surface area is 180 Å². The first kappa shape index (κ1) is 20.0. The van der Waals surface area contributed by atoms with Gasteiger partial charge < -0.3 is 10.0 Å². The van der Waals surface area contributed by atoms with Gasteiger partial charge in [0.15, 0.2) is 0 Å². The lowest BCUT2D eigenvalue weighted by atomic mass is 9.96. The molecule has 1 aliphatic rings. The van der Waals surface area contributed by atoms with E-state index in [9.17, 15) is 19.1 Å². The Morgan fingerprint density at radius 1 is 1.00 bits per heavy atom. The smallest absolute Gasteiger partial charge is 0.295 e. The highest BCUT2D eigenvalue weighted by Gasteiger charge is 2.46. The third kappa shape index (κ3) is 3.76. The van der Waals surface area contributed by atoms with E-state index in [0.717, 1.165) is 4.47 Å². The molecule has 7 heteroatoms. The Balaban J connectivity index is 1.83. The highest BCUT2D eigenvalue weighted by molar-refractivity contribution is 9.10. The Morgan fingerprint density at radius 2 is 1.63 bits per heavy atom. The number of carbonyl (C=O) groups is 2. The van der Waals surface area contributed by atoms with Gasteiger partial charge in [-0.15, -0.1) is 0 Å². The standard InChI is InChI=1S/C23H16BrFN2O3/c24-17-5-3-16(4-6-17)21(28)19-20(15-9-11-26-12-10-15)27(23(30)22(19)29)13-14-1-7-18(25)8-2-14/h1-12,20,28H,13H2/b21-19-. The summed E-state index contributed by atoms with van der Waals surface area (Å²) in [6.45, 7) is 0.0922. The summed E-state index contributed by atoms with van der Waals surface area (Å²) < 4.78 is 14.1. The van der Waals surface area contributed by atoms with E-state index in [4.69, 9.17) is 0 Å². The number of nitrogens with zero attached hydrogens (tertiary/aromatic N) is 2. The monoisotopic (exact) mass is 466 g/mol. The second kappa shape index (κ2) is 8.20. The van der Waals surface area contributed by atoms with Gasteiger partial charge in [-0.25, -0.2) is 4.39 Å². The predicted molar refractivity (Wildman–Crippen MR) is 113 cm³/mol. The van der Waals surface area contributed by atoms with E-state index in [1.165, 1.54) is 17.0 Å². The van der Waals surface area contributed by atoms with Crippen LogP contribution in [0, 0.1) is 5.82 Å². The minimum absolute atomic E-state index is 0.00985. The number of halogens is 2. The Hall–Kier alpha value is -3.32. The van der Waals surface area contributed by atoms with Crippen LogP contribution in [0.4, 0.5) is 4.39 Å². The number of aliphatic hydroxyl groups is 1. The third-order valence-electron chi connectivity index (χ3n) is 4.95. The molecule has 1 saturated heterocycles. The van der Waals surface area contributed by atoms with Crippen molar-refractivity contribution < 1.29 is 19.1 Å². The van der Waals surface area contributed by atoms with Gasteiger partial charge in [0.05, 0.1) is 11.6 Å². The number of hydrogen-bond acceptors (Lipinski definition) is 4. The molecule has 1 fully saturated rings. The summed E-state index contributed by atoms with van der Waals surface area (Å²) in [5, 5.41) is 11.0. The fraction of sp³-hybridized carbons (Fsp3) is 0.0870. The molecule has 3 aromatic rings. The molecule has 0 spiro atoms. The minimum Gasteiger partial charge on any atom is -0.507 e. The Morgan fingerprint density at radius 3 is 2.27 bits per heavy atom. The quantitative estimate of drug-likeness (QED) is 0.346. The number of Topliss-reactive ketones (excluding diaryl/α,β-unsaturated/α-hetero) is 1. The van der Waals surface area contributed by atoms with Crippen molar-refractivity contribution in [3.8, 4) is 0 Å². The van der Waals surface area contributed by atoms with Crippen molar-refractivity contribution in [3.05, 3.63) is 106 Å². The molecule has 150 valence electrons. The molecule has 0 aliphatic carbocycles. The van der Waals surface area contributed by atoms with Gasteiger partial charge in [-0.3, -0.25) is 14.6 Å². The molecule has 1 N–H and O–H groups in total. The number of benzene rings is 2. The molecular formula is C23H16BrFN2O3. The van der Waals surface area contributed by atoms with Crippen molar-refractivity contribution in [1.29, 1.82) is 0 Å². The fourth-order valence-corrected chi connectivity index (χ4v) is 3.75. The van der Waals surface area contributed by atoms with E-state index in [2.05, 4.69) is 20.9 Å². The summed E-state index contributed by atoms with van der Waals surface area (Å²) in [6.07, 6.45) is 3.12. The molecule has 30 heavy (non-hydrogen) atoms. The summed E-state index contributed by atoms with van der Waals surface area (Å²) >= 11 is 3.34. The molecule has 2 aromatic carbocycles. The van der Waals surface area contributed by atoms with Gasteiger partial charge >= 0.3 is 0 Å². The summed E-state index contributed by atoms with van der Waals surface area (Å²) in [7, 11) is 0. The number of pyridine rings is 1. The molecule has 4 rings (SSSR count). The second-order valence-electron chi connectivity index (χ2n) is 6.84. The molecule has 1 aromatic heterocycles. The summed E-state index contributed by atoms with van der Waals surface area (Å²) in [5.74, 6) is -2.12. The van der Waals surface area contributed by atoms with Crippen LogP contribution in [-0.4, -0.2) is 26.7 Å². The summed E-state index contributed by atoms with van der Waals surface area (Å²) in [4.78, 5) is 31.2. The highest BCUT2D eigenvalue weighted by Crippen LogP contribution is 2.40. The summed E-state index contributed by atoms with van der Waals surface area (Å²) in [6, 6.07) is 15.1. The van der Waals surface area contributed by atoms with Crippen LogP contribution < -0.4 is 0 Å². The van der Waals surface area contributed by atoms with Crippen molar-refractivity contribution >= 4 is 33.4 Å². The predicted octanol–water partition coefficient (Wildman–Crippen LogP) is 4.61. The largest absolute Gasteiger partial charge is 0.507 e. The zero-order valence-electron chi connectivity index (χ0n) is 15.6. The average Bonchev–Trinajstić information content (AvgIpc) is 3.01. The van der Waals surface area contributed by atoms with Crippen LogP contribution >= 0.6 is 15.9 Å². The second-order valence-corrected chi connectivity index (χ2v) is 7.76. The van der Waals surface area contributed by atoms with Crippen LogP contribution in [-0.2, 0) is 16.1 Å². The normalized spacial score (nSPS) is 18.1. The molecule has 1 aliphatic heterocycles. The number of likely N-dealkylation sites (tertiary alicyclic amines) is 1. The van der Waals surface area contributed by atoms with Crippen molar-refractivity contribution in [2.75, 3.05) is 0 Å². The molecule has 0 saturated carbocycles. The number of amides is 1. The maximum absolute atomic E-state index is 13.3. The molecule has 5 nitrogen and oxygen atoms in total. The van der Waals surface area contributed by atoms with Crippen LogP contribution in [0.2, 0.25) is 0 Å². The average molecular weight is 467 g/mol. The van der Waals surface area contributed by atoms with E-state index >= 15 is 0 Å². The SMILES string of the molecule is O=C1C(=O)N(Cc2ccc(F)cc2)C(c2ccncc2)/C1=C(/O)c1ccc(Br)cc1. The maximum atomic E-state index is 13.3. The Bertz CT molecular complexity index is 1130. The lowest BCUT2D eigenvalue weighted by molar-refractivity contribution is -0.140. The van der Waals surface area contributed by atoms with Crippen LogP contribution in [0.3, 0.4) is 0 Å². The number of aliphatic hydroxyl groups excluding tert-OH is 1. The van der Waals surface area contributed by atoms with Gasteiger partial charge in [0, 0.05) is 29.0 Å². The number of rotatable bonds is 4. The minimum atomic E-state index is -0.790. The van der Waals surface area contributed by atoms with Crippen LogP contribution in [0.25, 0.3) is 5.76 Å². The number of hydrogen-bond donors (Lipinski definition) is 1. The molecule has 1 unspecified atom stereocenters. The van der Waals surface area contributed by atoms with Gasteiger partial charge in [0.25, 0.3) is 11.7 Å². The van der Waals surface area contributed by atoms with Crippen LogP contribution in [0.15, 0.2) is 83.1 Å². The summed E-state index contributed by atoms with van der Waals surface area (Å²) in [5.41, 5.74) is 1.75. The van der Waals surface area contributed by atoms with E-state index in [-0.39, 0.29) is 23.7 Å². The number of carbonyl (C=O) groups excluding carboxylic acids is 2. The van der Waals surface area contributed by atoms with Crippen molar-refractivity contribution in [2.24, 2.45) is 0 Å². The van der Waals surface area contributed by atoms with E-state index in [1.54, 1.807) is 60.9 Å². The maximum Gasteiger partial charge on any atom is 0.295 e. The molecule has 0 bridgehead atoms. The van der Waals surface area contributed by atoms with E-state index in [1.807, 2.05) is 0 Å². The first-order valence-corrected chi connectivity index (χ1v) is 9.93. The van der Waals surface area contributed by atoms with Crippen molar-refractivity contribution in [2.45, 2.75) is 12.6 Å².